The molecule has 0 bridgehead atoms. The molecule has 4 heteroatoms. The van der Waals surface area contributed by atoms with E-state index in [1.54, 1.807) is 0 Å². The van der Waals surface area contributed by atoms with Crippen molar-refractivity contribution in [2.45, 2.75) is 39.0 Å². The second-order valence-corrected chi connectivity index (χ2v) is 7.25. The van der Waals surface area contributed by atoms with E-state index in [0.717, 1.165) is 24.6 Å². The fraction of sp³-hybridized carbons (Fsp3) is 0.429. The molecule has 4 nitrogen and oxygen atoms in total. The molecule has 0 spiro atoms. The minimum Gasteiger partial charge on any atom is -0.355 e. The highest BCUT2D eigenvalue weighted by atomic mass is 15.3. The first-order valence-electron chi connectivity index (χ1n) is 9.24. The van der Waals surface area contributed by atoms with Gasteiger partial charge in [-0.2, -0.15) is 5.10 Å². The minimum absolute atomic E-state index is 0.651. The summed E-state index contributed by atoms with van der Waals surface area (Å²) >= 11 is 0. The van der Waals surface area contributed by atoms with Gasteiger partial charge in [0.25, 0.3) is 0 Å². The van der Waals surface area contributed by atoms with Crippen LogP contribution in [0.3, 0.4) is 0 Å². The van der Waals surface area contributed by atoms with Crippen LogP contribution < -0.4 is 4.90 Å². The van der Waals surface area contributed by atoms with Crippen LogP contribution >= 0.6 is 0 Å². The molecule has 4 rings (SSSR count). The summed E-state index contributed by atoms with van der Waals surface area (Å²) in [6.45, 7) is 6.32. The van der Waals surface area contributed by atoms with Crippen molar-refractivity contribution in [3.05, 3.63) is 53.5 Å². The summed E-state index contributed by atoms with van der Waals surface area (Å²) in [6.07, 6.45) is 5.83. The number of anilines is 1. The van der Waals surface area contributed by atoms with Gasteiger partial charge in [0.15, 0.2) is 5.82 Å². The lowest BCUT2D eigenvalue weighted by molar-refractivity contribution is 0.612. The number of benzene rings is 1. The topological polar surface area (TPSA) is 34.0 Å². The molecule has 2 aromatic heterocycles. The molecule has 3 heterocycles. The van der Waals surface area contributed by atoms with Gasteiger partial charge in [-0.05, 0) is 44.6 Å². The summed E-state index contributed by atoms with van der Waals surface area (Å²) < 4.78 is 2.19. The maximum absolute atomic E-state index is 4.59. The SMILES string of the molecule is Cc1nnc(N2CCCC(c3ccccc3)CC2)c2cn(C)c(C)c12. The third-order valence-corrected chi connectivity index (χ3v) is 5.68. The van der Waals surface area contributed by atoms with E-state index in [-0.39, 0.29) is 0 Å². The average Bonchev–Trinajstić information content (AvgIpc) is 2.81. The number of hydrogen-bond acceptors (Lipinski definition) is 3. The fourth-order valence-corrected chi connectivity index (χ4v) is 4.18. The lowest BCUT2D eigenvalue weighted by Crippen LogP contribution is -2.25. The summed E-state index contributed by atoms with van der Waals surface area (Å²) in [4.78, 5) is 2.44. The molecule has 1 aliphatic rings. The first-order chi connectivity index (χ1) is 12.1. The van der Waals surface area contributed by atoms with E-state index in [1.807, 2.05) is 0 Å². The molecule has 0 radical (unpaired) electrons. The summed E-state index contributed by atoms with van der Waals surface area (Å²) in [7, 11) is 2.10. The molecule has 0 amide bonds. The second kappa shape index (κ2) is 6.51. The van der Waals surface area contributed by atoms with Crippen molar-refractivity contribution in [1.29, 1.82) is 0 Å². The Hall–Kier alpha value is -2.36. The lowest BCUT2D eigenvalue weighted by Gasteiger charge is -2.22. The summed E-state index contributed by atoms with van der Waals surface area (Å²) in [5.74, 6) is 1.70. The van der Waals surface area contributed by atoms with Crippen LogP contribution in [0.4, 0.5) is 5.82 Å². The molecule has 130 valence electrons. The van der Waals surface area contributed by atoms with Gasteiger partial charge >= 0.3 is 0 Å². The molecule has 1 atom stereocenters. The van der Waals surface area contributed by atoms with Crippen LogP contribution in [0.2, 0.25) is 0 Å². The molecule has 0 N–H and O–H groups in total. The van der Waals surface area contributed by atoms with Crippen LogP contribution in [0.5, 0.6) is 0 Å². The largest absolute Gasteiger partial charge is 0.355 e. The highest BCUT2D eigenvalue weighted by Gasteiger charge is 2.22. The number of aryl methyl sites for hydroxylation is 3. The molecule has 1 fully saturated rings. The van der Waals surface area contributed by atoms with Crippen LogP contribution in [0.1, 0.15) is 42.1 Å². The molecule has 1 saturated heterocycles. The number of aromatic nitrogens is 3. The van der Waals surface area contributed by atoms with Gasteiger partial charge in [0.1, 0.15) is 0 Å². The van der Waals surface area contributed by atoms with Gasteiger partial charge < -0.3 is 9.47 Å². The fourth-order valence-electron chi connectivity index (χ4n) is 4.18. The van der Waals surface area contributed by atoms with E-state index < -0.39 is 0 Å². The van der Waals surface area contributed by atoms with Crippen LogP contribution in [-0.2, 0) is 7.05 Å². The van der Waals surface area contributed by atoms with Crippen molar-refractivity contribution in [2.24, 2.45) is 7.05 Å². The Labute approximate surface area is 149 Å². The van der Waals surface area contributed by atoms with Crippen LogP contribution in [-0.4, -0.2) is 27.9 Å². The van der Waals surface area contributed by atoms with Crippen molar-refractivity contribution < 1.29 is 0 Å². The Kier molecular flexibility index (Phi) is 4.20. The van der Waals surface area contributed by atoms with Gasteiger partial charge in [-0.25, -0.2) is 0 Å². The van der Waals surface area contributed by atoms with Crippen LogP contribution in [0.25, 0.3) is 10.8 Å². The molecule has 1 unspecified atom stereocenters. The summed E-state index contributed by atoms with van der Waals surface area (Å²) in [5.41, 5.74) is 3.76. The van der Waals surface area contributed by atoms with Crippen LogP contribution in [0.15, 0.2) is 36.5 Å². The van der Waals surface area contributed by atoms with Gasteiger partial charge in [0.05, 0.1) is 5.69 Å². The van der Waals surface area contributed by atoms with Crippen molar-refractivity contribution in [3.8, 4) is 0 Å². The van der Waals surface area contributed by atoms with E-state index in [0.29, 0.717) is 5.92 Å². The molecular weight excluding hydrogens is 308 g/mol. The molecular formula is C21H26N4. The molecule has 1 aromatic carbocycles. The Morgan fingerprint density at radius 1 is 1.00 bits per heavy atom. The molecule has 1 aliphatic heterocycles. The maximum Gasteiger partial charge on any atom is 0.160 e. The normalized spacial score (nSPS) is 18.5. The second-order valence-electron chi connectivity index (χ2n) is 7.25. The van der Waals surface area contributed by atoms with Crippen molar-refractivity contribution >= 4 is 16.6 Å². The average molecular weight is 334 g/mol. The first-order valence-corrected chi connectivity index (χ1v) is 9.24. The van der Waals surface area contributed by atoms with Crippen molar-refractivity contribution in [1.82, 2.24) is 14.8 Å². The molecule has 3 aromatic rings. The zero-order valence-electron chi connectivity index (χ0n) is 15.4. The van der Waals surface area contributed by atoms with E-state index in [2.05, 4.69) is 77.1 Å². The monoisotopic (exact) mass is 334 g/mol. The Morgan fingerprint density at radius 3 is 2.60 bits per heavy atom. The van der Waals surface area contributed by atoms with Crippen molar-refractivity contribution in [2.75, 3.05) is 18.0 Å². The highest BCUT2D eigenvalue weighted by Crippen LogP contribution is 2.33. The lowest BCUT2D eigenvalue weighted by atomic mass is 9.92. The van der Waals surface area contributed by atoms with Gasteiger partial charge in [-0.15, -0.1) is 5.10 Å². The molecule has 25 heavy (non-hydrogen) atoms. The van der Waals surface area contributed by atoms with E-state index in [9.17, 15) is 0 Å². The number of hydrogen-bond donors (Lipinski definition) is 0. The number of fused-ring (bicyclic) bond motifs is 1. The zero-order valence-corrected chi connectivity index (χ0v) is 15.4. The molecule has 0 aliphatic carbocycles. The molecule has 0 saturated carbocycles. The third kappa shape index (κ3) is 2.90. The smallest absolute Gasteiger partial charge is 0.160 e. The Morgan fingerprint density at radius 2 is 1.80 bits per heavy atom. The zero-order chi connectivity index (χ0) is 17.4. The van der Waals surface area contributed by atoms with Gasteiger partial charge in [-0.1, -0.05) is 30.3 Å². The predicted octanol–water partition coefficient (Wildman–Crippen LogP) is 4.36. The minimum atomic E-state index is 0.651. The standard InChI is InChI=1S/C21H26N4/c1-15-20-16(2)24(3)14-19(20)21(23-22-15)25-12-7-10-18(11-13-25)17-8-5-4-6-9-17/h4-6,8-9,14,18H,7,10-13H2,1-3H3. The number of rotatable bonds is 2. The Bertz CT molecular complexity index is 882. The Balaban J connectivity index is 1.64. The number of nitrogens with zero attached hydrogens (tertiary/aromatic N) is 4. The quantitative estimate of drug-likeness (QED) is 0.698. The first kappa shape index (κ1) is 16.1. The maximum atomic E-state index is 4.59. The highest BCUT2D eigenvalue weighted by molar-refractivity contribution is 5.95. The predicted molar refractivity (Wildman–Crippen MR) is 103 cm³/mol. The summed E-state index contributed by atoms with van der Waals surface area (Å²) in [6, 6.07) is 10.9. The van der Waals surface area contributed by atoms with Gasteiger partial charge in [-0.3, -0.25) is 0 Å². The van der Waals surface area contributed by atoms with E-state index in [4.69, 9.17) is 0 Å². The van der Waals surface area contributed by atoms with E-state index in [1.165, 1.54) is 41.3 Å². The van der Waals surface area contributed by atoms with Gasteiger partial charge in [0, 0.05) is 42.8 Å². The van der Waals surface area contributed by atoms with Crippen molar-refractivity contribution in [3.63, 3.8) is 0 Å². The summed E-state index contributed by atoms with van der Waals surface area (Å²) in [5, 5.41) is 11.5. The van der Waals surface area contributed by atoms with Gasteiger partial charge in [0.2, 0.25) is 0 Å². The van der Waals surface area contributed by atoms with Crippen LogP contribution in [0, 0.1) is 13.8 Å². The third-order valence-electron chi connectivity index (χ3n) is 5.68. The van der Waals surface area contributed by atoms with E-state index >= 15 is 0 Å².